The first-order valence-electron chi connectivity index (χ1n) is 6.01. The number of hydrogen-bond donors (Lipinski definition) is 1. The monoisotopic (exact) mass is 199 g/mol. The van der Waals surface area contributed by atoms with Crippen LogP contribution in [-0.2, 0) is 0 Å². The third kappa shape index (κ3) is 4.40. The van der Waals surface area contributed by atoms with Crippen molar-refractivity contribution >= 4 is 0 Å². The van der Waals surface area contributed by atoms with E-state index >= 15 is 0 Å². The Morgan fingerprint density at radius 1 is 0.929 bits per heavy atom. The van der Waals surface area contributed by atoms with E-state index in [1.165, 1.54) is 58.5 Å². The van der Waals surface area contributed by atoms with Crippen molar-refractivity contribution in [1.82, 2.24) is 9.80 Å². The van der Waals surface area contributed by atoms with Gasteiger partial charge in [-0.25, -0.2) is 0 Å². The summed E-state index contributed by atoms with van der Waals surface area (Å²) in [6.45, 7) is 10.7. The molecule has 0 unspecified atom stereocenters. The highest BCUT2D eigenvalue weighted by atomic mass is 15.3. The van der Waals surface area contributed by atoms with Crippen molar-refractivity contribution in [3.63, 3.8) is 0 Å². The molecule has 0 bridgehead atoms. The van der Waals surface area contributed by atoms with Gasteiger partial charge in [-0.05, 0) is 38.9 Å². The number of piperazine rings is 1. The van der Waals surface area contributed by atoms with Gasteiger partial charge in [0.2, 0.25) is 0 Å². The predicted molar refractivity (Wildman–Crippen MR) is 61.5 cm³/mol. The van der Waals surface area contributed by atoms with Crippen molar-refractivity contribution in [2.75, 3.05) is 45.8 Å². The van der Waals surface area contributed by atoms with Crippen LogP contribution in [0.15, 0.2) is 0 Å². The summed E-state index contributed by atoms with van der Waals surface area (Å²) in [5, 5.41) is 0. The van der Waals surface area contributed by atoms with E-state index in [9.17, 15) is 0 Å². The average molecular weight is 199 g/mol. The molecule has 2 N–H and O–H groups in total. The van der Waals surface area contributed by atoms with Gasteiger partial charge in [0.05, 0.1) is 0 Å². The lowest BCUT2D eigenvalue weighted by atomic mass is 10.2. The van der Waals surface area contributed by atoms with E-state index in [-0.39, 0.29) is 0 Å². The smallest absolute Gasteiger partial charge is 0.0110 e. The zero-order valence-electron chi connectivity index (χ0n) is 9.54. The van der Waals surface area contributed by atoms with E-state index in [2.05, 4.69) is 16.7 Å². The largest absolute Gasteiger partial charge is 0.330 e. The second-order valence-corrected chi connectivity index (χ2v) is 4.18. The predicted octanol–water partition coefficient (Wildman–Crippen LogP) is 0.753. The van der Waals surface area contributed by atoms with Crippen LogP contribution in [0.4, 0.5) is 0 Å². The van der Waals surface area contributed by atoms with E-state index in [4.69, 9.17) is 5.73 Å². The van der Waals surface area contributed by atoms with E-state index in [1.54, 1.807) is 0 Å². The molecule has 1 heterocycles. The van der Waals surface area contributed by atoms with Crippen molar-refractivity contribution in [2.45, 2.75) is 26.2 Å². The molecular formula is C11H25N3. The minimum absolute atomic E-state index is 0.843. The number of unbranched alkanes of at least 4 members (excludes halogenated alkanes) is 1. The third-order valence-corrected chi connectivity index (χ3v) is 2.93. The summed E-state index contributed by atoms with van der Waals surface area (Å²) in [4.78, 5) is 5.14. The highest BCUT2D eigenvalue weighted by Gasteiger charge is 2.14. The van der Waals surface area contributed by atoms with Crippen LogP contribution in [0.2, 0.25) is 0 Å². The molecule has 1 saturated heterocycles. The molecule has 0 saturated carbocycles. The molecule has 14 heavy (non-hydrogen) atoms. The minimum Gasteiger partial charge on any atom is -0.330 e. The van der Waals surface area contributed by atoms with Gasteiger partial charge in [0.15, 0.2) is 0 Å². The number of nitrogens with zero attached hydrogens (tertiary/aromatic N) is 2. The first kappa shape index (κ1) is 12.0. The van der Waals surface area contributed by atoms with Crippen LogP contribution < -0.4 is 5.73 Å². The Balaban J connectivity index is 2.03. The lowest BCUT2D eigenvalue weighted by molar-refractivity contribution is 0.131. The maximum absolute atomic E-state index is 5.48. The van der Waals surface area contributed by atoms with Crippen molar-refractivity contribution in [2.24, 2.45) is 5.73 Å². The van der Waals surface area contributed by atoms with E-state index in [0.29, 0.717) is 0 Å². The van der Waals surface area contributed by atoms with Gasteiger partial charge in [-0.15, -0.1) is 0 Å². The fourth-order valence-corrected chi connectivity index (χ4v) is 2.03. The molecule has 0 atom stereocenters. The van der Waals surface area contributed by atoms with Crippen LogP contribution in [0.25, 0.3) is 0 Å². The van der Waals surface area contributed by atoms with Gasteiger partial charge in [-0.1, -0.05) is 6.92 Å². The molecule has 3 nitrogen and oxygen atoms in total. The summed E-state index contributed by atoms with van der Waals surface area (Å²) in [5.74, 6) is 0. The molecule has 0 aromatic heterocycles. The standard InChI is InChI=1S/C11H25N3/c1-2-6-13-8-10-14(11-9-13)7-4-3-5-12/h2-12H2,1H3. The molecule has 0 aromatic rings. The van der Waals surface area contributed by atoms with Gasteiger partial charge < -0.3 is 15.5 Å². The highest BCUT2D eigenvalue weighted by Crippen LogP contribution is 2.03. The van der Waals surface area contributed by atoms with E-state index in [1.807, 2.05) is 0 Å². The first-order chi connectivity index (χ1) is 6.86. The van der Waals surface area contributed by atoms with Crippen molar-refractivity contribution in [1.29, 1.82) is 0 Å². The molecule has 0 aliphatic carbocycles. The molecule has 1 fully saturated rings. The molecule has 3 heteroatoms. The van der Waals surface area contributed by atoms with Gasteiger partial charge in [0.1, 0.15) is 0 Å². The zero-order chi connectivity index (χ0) is 10.2. The lowest BCUT2D eigenvalue weighted by Crippen LogP contribution is -2.46. The highest BCUT2D eigenvalue weighted by molar-refractivity contribution is 4.71. The molecule has 0 spiro atoms. The summed E-state index contributed by atoms with van der Waals surface area (Å²) in [6, 6.07) is 0. The van der Waals surface area contributed by atoms with Crippen molar-refractivity contribution in [3.05, 3.63) is 0 Å². The third-order valence-electron chi connectivity index (χ3n) is 2.93. The average Bonchev–Trinajstić information content (AvgIpc) is 2.21. The Kier molecular flexibility index (Phi) is 6.15. The van der Waals surface area contributed by atoms with Gasteiger partial charge in [-0.2, -0.15) is 0 Å². The topological polar surface area (TPSA) is 32.5 Å². The SMILES string of the molecule is CCCN1CCN(CCCCN)CC1. The van der Waals surface area contributed by atoms with Gasteiger partial charge in [0.25, 0.3) is 0 Å². The van der Waals surface area contributed by atoms with Crippen LogP contribution in [0.3, 0.4) is 0 Å². The Morgan fingerprint density at radius 2 is 1.50 bits per heavy atom. The van der Waals surface area contributed by atoms with E-state index in [0.717, 1.165) is 6.54 Å². The molecular weight excluding hydrogens is 174 g/mol. The maximum atomic E-state index is 5.48. The Labute approximate surface area is 88.2 Å². The fraction of sp³-hybridized carbons (Fsp3) is 1.00. The van der Waals surface area contributed by atoms with Crippen LogP contribution in [0.1, 0.15) is 26.2 Å². The molecule has 1 rings (SSSR count). The van der Waals surface area contributed by atoms with Crippen LogP contribution in [-0.4, -0.2) is 55.6 Å². The number of nitrogens with two attached hydrogens (primary N) is 1. The molecule has 1 aliphatic heterocycles. The van der Waals surface area contributed by atoms with Gasteiger partial charge >= 0.3 is 0 Å². The molecule has 84 valence electrons. The maximum Gasteiger partial charge on any atom is 0.0110 e. The van der Waals surface area contributed by atoms with Crippen LogP contribution in [0.5, 0.6) is 0 Å². The molecule has 0 amide bonds. The number of hydrogen-bond acceptors (Lipinski definition) is 3. The van der Waals surface area contributed by atoms with Gasteiger partial charge in [-0.3, -0.25) is 0 Å². The molecule has 0 aromatic carbocycles. The Hall–Kier alpha value is -0.120. The quantitative estimate of drug-likeness (QED) is 0.641. The summed E-state index contributed by atoms with van der Waals surface area (Å²) in [7, 11) is 0. The van der Waals surface area contributed by atoms with Gasteiger partial charge in [0, 0.05) is 26.2 Å². The first-order valence-corrected chi connectivity index (χ1v) is 6.01. The lowest BCUT2D eigenvalue weighted by Gasteiger charge is -2.34. The Bertz CT molecular complexity index is 130. The molecule has 0 radical (unpaired) electrons. The fourth-order valence-electron chi connectivity index (χ4n) is 2.03. The number of rotatable bonds is 6. The Morgan fingerprint density at radius 3 is 2.00 bits per heavy atom. The minimum atomic E-state index is 0.843. The van der Waals surface area contributed by atoms with Crippen LogP contribution >= 0.6 is 0 Å². The summed E-state index contributed by atoms with van der Waals surface area (Å²) in [5.41, 5.74) is 5.48. The summed E-state index contributed by atoms with van der Waals surface area (Å²) < 4.78 is 0. The summed E-state index contributed by atoms with van der Waals surface area (Å²) in [6.07, 6.45) is 3.73. The molecule has 1 aliphatic rings. The summed E-state index contributed by atoms with van der Waals surface area (Å²) >= 11 is 0. The van der Waals surface area contributed by atoms with Crippen molar-refractivity contribution < 1.29 is 0 Å². The second kappa shape index (κ2) is 7.21. The van der Waals surface area contributed by atoms with Crippen molar-refractivity contribution in [3.8, 4) is 0 Å². The zero-order valence-corrected chi connectivity index (χ0v) is 9.54. The van der Waals surface area contributed by atoms with Crippen LogP contribution in [0, 0.1) is 0 Å². The second-order valence-electron chi connectivity index (χ2n) is 4.18. The van der Waals surface area contributed by atoms with E-state index < -0.39 is 0 Å². The normalized spacial score (nSPS) is 20.1.